The van der Waals surface area contributed by atoms with Crippen molar-refractivity contribution in [3.05, 3.63) is 11.6 Å². The van der Waals surface area contributed by atoms with E-state index in [0.29, 0.717) is 0 Å². The summed E-state index contributed by atoms with van der Waals surface area (Å²) in [5.41, 5.74) is 0.125. The van der Waals surface area contributed by atoms with Crippen molar-refractivity contribution in [1.82, 2.24) is 0 Å². The van der Waals surface area contributed by atoms with Gasteiger partial charge in [0.1, 0.15) is 24.4 Å². The molecule has 0 aliphatic heterocycles. The lowest BCUT2D eigenvalue weighted by molar-refractivity contribution is -0.0948. The maximum Gasteiger partial charge on any atom is 0.112 e. The molecule has 5 N–H and O–H groups in total. The van der Waals surface area contributed by atoms with E-state index in [4.69, 9.17) is 20.4 Å². The Bertz CT molecular complexity index is 190. The number of aliphatic hydroxyl groups excluding tert-OH is 5. The second-order valence-electron chi connectivity index (χ2n) is 2.82. The molecule has 0 bridgehead atoms. The van der Waals surface area contributed by atoms with Crippen LogP contribution in [0.25, 0.3) is 0 Å². The quantitative estimate of drug-likeness (QED) is 0.281. The van der Waals surface area contributed by atoms with E-state index in [1.165, 1.54) is 0 Å². The molecular formula is C7H12O5. The molecule has 0 aromatic rings. The van der Waals surface area contributed by atoms with E-state index in [1.54, 1.807) is 0 Å². The molecule has 0 amide bonds. The number of hydrogen-bond acceptors (Lipinski definition) is 5. The molecule has 0 aromatic heterocycles. The van der Waals surface area contributed by atoms with Gasteiger partial charge in [-0.25, -0.2) is 0 Å². The molecule has 1 rings (SSSR count). The molecule has 0 radical (unpaired) electrons. The summed E-state index contributed by atoms with van der Waals surface area (Å²) < 4.78 is 0. The van der Waals surface area contributed by atoms with Gasteiger partial charge in [0.25, 0.3) is 0 Å². The zero-order chi connectivity index (χ0) is 9.30. The van der Waals surface area contributed by atoms with E-state index in [-0.39, 0.29) is 5.57 Å². The molecule has 0 heterocycles. The Labute approximate surface area is 69.2 Å². The lowest BCUT2D eigenvalue weighted by Gasteiger charge is -2.31. The predicted molar refractivity (Wildman–Crippen MR) is 39.2 cm³/mol. The van der Waals surface area contributed by atoms with Crippen LogP contribution in [-0.2, 0) is 0 Å². The first-order chi connectivity index (χ1) is 5.57. The summed E-state index contributed by atoms with van der Waals surface area (Å²) in [5.74, 6) is 0. The second kappa shape index (κ2) is 3.51. The van der Waals surface area contributed by atoms with Gasteiger partial charge in [-0.3, -0.25) is 0 Å². The van der Waals surface area contributed by atoms with Gasteiger partial charge < -0.3 is 25.5 Å². The maximum absolute atomic E-state index is 9.18. The van der Waals surface area contributed by atoms with Crippen LogP contribution in [0, 0.1) is 0 Å². The minimum absolute atomic E-state index is 0.125. The molecule has 4 atom stereocenters. The highest BCUT2D eigenvalue weighted by Gasteiger charge is 2.35. The van der Waals surface area contributed by atoms with Crippen molar-refractivity contribution in [2.24, 2.45) is 0 Å². The van der Waals surface area contributed by atoms with Crippen molar-refractivity contribution < 1.29 is 25.5 Å². The van der Waals surface area contributed by atoms with Crippen LogP contribution in [0.4, 0.5) is 0 Å². The predicted octanol–water partition coefficient (Wildman–Crippen LogP) is -2.64. The Morgan fingerprint density at radius 2 is 1.67 bits per heavy atom. The zero-order valence-electron chi connectivity index (χ0n) is 6.33. The summed E-state index contributed by atoms with van der Waals surface area (Å²) in [4.78, 5) is 0. The Morgan fingerprint density at radius 1 is 1.08 bits per heavy atom. The van der Waals surface area contributed by atoms with E-state index >= 15 is 0 Å². The normalized spacial score (nSPS) is 42.6. The van der Waals surface area contributed by atoms with E-state index < -0.39 is 31.0 Å². The van der Waals surface area contributed by atoms with E-state index in [2.05, 4.69) is 0 Å². The minimum atomic E-state index is -1.44. The molecule has 0 saturated carbocycles. The molecular weight excluding hydrogens is 164 g/mol. The lowest BCUT2D eigenvalue weighted by atomic mass is 9.90. The fourth-order valence-corrected chi connectivity index (χ4v) is 1.17. The van der Waals surface area contributed by atoms with Gasteiger partial charge in [-0.15, -0.1) is 0 Å². The van der Waals surface area contributed by atoms with Crippen molar-refractivity contribution in [1.29, 1.82) is 0 Å². The summed E-state index contributed by atoms with van der Waals surface area (Å²) in [5, 5.41) is 45.0. The monoisotopic (exact) mass is 176 g/mol. The highest BCUT2D eigenvalue weighted by Crippen LogP contribution is 2.19. The van der Waals surface area contributed by atoms with Crippen LogP contribution in [0.5, 0.6) is 0 Å². The first-order valence-electron chi connectivity index (χ1n) is 3.61. The highest BCUT2D eigenvalue weighted by molar-refractivity contribution is 5.19. The van der Waals surface area contributed by atoms with Gasteiger partial charge >= 0.3 is 0 Å². The standard InChI is InChI=1S/C7H12O5/c8-2-3-1-4(9)6(11)7(12)5(3)10/h1,4-12H,2H2/t4-,5+,6-,7-/m0/s1. The van der Waals surface area contributed by atoms with Crippen molar-refractivity contribution in [2.75, 3.05) is 6.61 Å². The number of aliphatic hydroxyl groups is 5. The molecule has 0 unspecified atom stereocenters. The highest BCUT2D eigenvalue weighted by atomic mass is 16.4. The molecule has 12 heavy (non-hydrogen) atoms. The van der Waals surface area contributed by atoms with Crippen LogP contribution >= 0.6 is 0 Å². The summed E-state index contributed by atoms with van der Waals surface area (Å²) >= 11 is 0. The molecule has 5 heteroatoms. The average molecular weight is 176 g/mol. The molecule has 70 valence electrons. The van der Waals surface area contributed by atoms with Gasteiger partial charge in [-0.05, 0) is 11.6 Å². The van der Waals surface area contributed by atoms with Crippen molar-refractivity contribution in [3.8, 4) is 0 Å². The molecule has 0 saturated heterocycles. The molecule has 0 aromatic carbocycles. The van der Waals surface area contributed by atoms with Gasteiger partial charge in [-0.1, -0.05) is 0 Å². The first-order valence-corrected chi connectivity index (χ1v) is 3.61. The van der Waals surface area contributed by atoms with Crippen molar-refractivity contribution in [2.45, 2.75) is 24.4 Å². The van der Waals surface area contributed by atoms with Gasteiger partial charge in [0.2, 0.25) is 0 Å². The maximum atomic E-state index is 9.18. The van der Waals surface area contributed by atoms with Crippen LogP contribution in [-0.4, -0.2) is 56.6 Å². The van der Waals surface area contributed by atoms with Crippen LogP contribution in [0.1, 0.15) is 0 Å². The molecule has 0 fully saturated rings. The smallest absolute Gasteiger partial charge is 0.112 e. The SMILES string of the molecule is OCC1=C[C@H](O)[C@H](O)[C@@H](O)[C@@H]1O. The van der Waals surface area contributed by atoms with E-state index in [1.807, 2.05) is 0 Å². The third-order valence-corrected chi connectivity index (χ3v) is 1.97. The Balaban J connectivity index is 2.84. The summed E-state index contributed by atoms with van der Waals surface area (Å²) in [6, 6.07) is 0. The lowest BCUT2D eigenvalue weighted by Crippen LogP contribution is -2.48. The number of rotatable bonds is 1. The average Bonchev–Trinajstić information content (AvgIpc) is 2.08. The van der Waals surface area contributed by atoms with Crippen LogP contribution in [0.2, 0.25) is 0 Å². The van der Waals surface area contributed by atoms with Crippen LogP contribution in [0.3, 0.4) is 0 Å². The Kier molecular flexibility index (Phi) is 2.81. The largest absolute Gasteiger partial charge is 0.392 e. The van der Waals surface area contributed by atoms with Gasteiger partial charge in [0.15, 0.2) is 0 Å². The molecule has 5 nitrogen and oxygen atoms in total. The van der Waals surface area contributed by atoms with Crippen molar-refractivity contribution in [3.63, 3.8) is 0 Å². The van der Waals surface area contributed by atoms with Crippen molar-refractivity contribution >= 4 is 0 Å². The topological polar surface area (TPSA) is 101 Å². The minimum Gasteiger partial charge on any atom is -0.392 e. The van der Waals surface area contributed by atoms with E-state index in [0.717, 1.165) is 6.08 Å². The van der Waals surface area contributed by atoms with Gasteiger partial charge in [0.05, 0.1) is 6.61 Å². The zero-order valence-corrected chi connectivity index (χ0v) is 6.33. The third kappa shape index (κ3) is 1.50. The Morgan fingerprint density at radius 3 is 2.17 bits per heavy atom. The fraction of sp³-hybridized carbons (Fsp3) is 0.714. The molecule has 1 aliphatic carbocycles. The van der Waals surface area contributed by atoms with Crippen LogP contribution in [0.15, 0.2) is 11.6 Å². The molecule has 0 spiro atoms. The van der Waals surface area contributed by atoms with E-state index in [9.17, 15) is 5.11 Å². The summed E-state index contributed by atoms with van der Waals surface area (Å²) in [6.07, 6.45) is -4.22. The van der Waals surface area contributed by atoms with Gasteiger partial charge in [0, 0.05) is 0 Å². The Hall–Kier alpha value is -0.460. The summed E-state index contributed by atoms with van der Waals surface area (Å²) in [7, 11) is 0. The number of hydrogen-bond donors (Lipinski definition) is 5. The second-order valence-corrected chi connectivity index (χ2v) is 2.82. The van der Waals surface area contributed by atoms with Gasteiger partial charge in [-0.2, -0.15) is 0 Å². The fourth-order valence-electron chi connectivity index (χ4n) is 1.17. The summed E-state index contributed by atoms with van der Waals surface area (Å²) in [6.45, 7) is -0.442. The van der Waals surface area contributed by atoms with Crippen LogP contribution < -0.4 is 0 Å². The molecule has 1 aliphatic rings. The first kappa shape index (κ1) is 9.63. The third-order valence-electron chi connectivity index (χ3n) is 1.97.